The fourth-order valence-electron chi connectivity index (χ4n) is 1.04. The number of carbonyl (C=O) groups is 1. The van der Waals surface area contributed by atoms with Crippen LogP contribution >= 0.6 is 27.3 Å². The highest BCUT2D eigenvalue weighted by Gasteiger charge is 2.10. The number of ether oxygens (including phenoxy) is 1. The van der Waals surface area contributed by atoms with Gasteiger partial charge in [0.05, 0.1) is 15.3 Å². The van der Waals surface area contributed by atoms with Crippen LogP contribution in [0.4, 0.5) is 0 Å². The predicted molar refractivity (Wildman–Crippen MR) is 65.6 cm³/mol. The van der Waals surface area contributed by atoms with E-state index in [0.29, 0.717) is 19.8 Å². The molecule has 5 heteroatoms. The van der Waals surface area contributed by atoms with E-state index in [4.69, 9.17) is 4.74 Å². The maximum absolute atomic E-state index is 11.6. The summed E-state index contributed by atoms with van der Waals surface area (Å²) in [5, 5.41) is 2.80. The first-order chi connectivity index (χ1) is 7.15. The zero-order valence-corrected chi connectivity index (χ0v) is 11.2. The van der Waals surface area contributed by atoms with Gasteiger partial charge in [-0.1, -0.05) is 0 Å². The van der Waals surface area contributed by atoms with Crippen LogP contribution < -0.4 is 5.32 Å². The maximum Gasteiger partial charge on any atom is 0.261 e. The van der Waals surface area contributed by atoms with Crippen molar-refractivity contribution in [2.45, 2.75) is 13.8 Å². The van der Waals surface area contributed by atoms with Gasteiger partial charge in [0.1, 0.15) is 0 Å². The number of halogens is 1. The molecule has 1 aromatic heterocycles. The van der Waals surface area contributed by atoms with Gasteiger partial charge in [0.25, 0.3) is 5.91 Å². The number of amides is 1. The van der Waals surface area contributed by atoms with Crippen molar-refractivity contribution >= 4 is 33.2 Å². The number of carbonyl (C=O) groups excluding carboxylic acids is 1. The number of thiophene rings is 1. The van der Waals surface area contributed by atoms with Crippen LogP contribution in [0.25, 0.3) is 0 Å². The second-order valence-electron chi connectivity index (χ2n) is 3.02. The smallest absolute Gasteiger partial charge is 0.261 e. The summed E-state index contributed by atoms with van der Waals surface area (Å²) < 4.78 is 6.14. The topological polar surface area (TPSA) is 38.3 Å². The van der Waals surface area contributed by atoms with Crippen molar-refractivity contribution in [3.8, 4) is 0 Å². The molecular weight excluding hydrogens is 278 g/mol. The molecule has 0 spiro atoms. The second-order valence-corrected chi connectivity index (χ2v) is 5.39. The van der Waals surface area contributed by atoms with Crippen molar-refractivity contribution in [3.63, 3.8) is 0 Å². The van der Waals surface area contributed by atoms with Crippen LogP contribution in [0.2, 0.25) is 0 Å². The van der Waals surface area contributed by atoms with Gasteiger partial charge >= 0.3 is 0 Å². The standard InChI is InChI=1S/C10H14BrNO2S/c1-3-14-5-4-12-10(13)8-6-7(2)9(11)15-8/h6H,3-5H2,1-2H3,(H,12,13). The summed E-state index contributed by atoms with van der Waals surface area (Å²) >= 11 is 4.84. The molecule has 3 nitrogen and oxygen atoms in total. The Labute approximate surface area is 102 Å². The Balaban J connectivity index is 2.40. The van der Waals surface area contributed by atoms with Crippen LogP contribution in [0.1, 0.15) is 22.2 Å². The quantitative estimate of drug-likeness (QED) is 0.847. The van der Waals surface area contributed by atoms with E-state index in [-0.39, 0.29) is 5.91 Å². The van der Waals surface area contributed by atoms with E-state index in [1.807, 2.05) is 19.9 Å². The molecule has 0 saturated carbocycles. The van der Waals surface area contributed by atoms with Gasteiger partial charge in [-0.05, 0) is 41.4 Å². The zero-order chi connectivity index (χ0) is 11.3. The highest BCUT2D eigenvalue weighted by molar-refractivity contribution is 9.11. The van der Waals surface area contributed by atoms with E-state index >= 15 is 0 Å². The van der Waals surface area contributed by atoms with Gasteiger partial charge in [-0.2, -0.15) is 0 Å². The van der Waals surface area contributed by atoms with E-state index in [9.17, 15) is 4.79 Å². The first-order valence-corrected chi connectivity index (χ1v) is 6.38. The molecular formula is C10H14BrNO2S. The molecule has 0 aliphatic carbocycles. The molecule has 0 radical (unpaired) electrons. The lowest BCUT2D eigenvalue weighted by Gasteiger charge is -2.02. The van der Waals surface area contributed by atoms with Gasteiger partial charge in [-0.15, -0.1) is 11.3 Å². The molecule has 0 atom stereocenters. The average molecular weight is 292 g/mol. The van der Waals surface area contributed by atoms with Gasteiger partial charge in [0.2, 0.25) is 0 Å². The normalized spacial score (nSPS) is 10.3. The summed E-state index contributed by atoms with van der Waals surface area (Å²) in [7, 11) is 0. The van der Waals surface area contributed by atoms with E-state index in [2.05, 4.69) is 21.2 Å². The molecule has 0 fully saturated rings. The lowest BCUT2D eigenvalue weighted by atomic mass is 10.3. The third-order valence-electron chi connectivity index (χ3n) is 1.82. The Kier molecular flexibility index (Phi) is 5.28. The molecule has 1 aromatic rings. The van der Waals surface area contributed by atoms with Gasteiger partial charge in [-0.25, -0.2) is 0 Å². The predicted octanol–water partition coefficient (Wildman–Crippen LogP) is 2.59. The van der Waals surface area contributed by atoms with Crippen LogP contribution in [-0.2, 0) is 4.74 Å². The van der Waals surface area contributed by atoms with Gasteiger partial charge in [0, 0.05) is 13.2 Å². The molecule has 0 aliphatic heterocycles. The summed E-state index contributed by atoms with van der Waals surface area (Å²) in [5.74, 6) is -0.0338. The first kappa shape index (κ1) is 12.7. The number of nitrogens with one attached hydrogen (secondary N) is 1. The molecule has 1 N–H and O–H groups in total. The molecule has 0 aliphatic rings. The third-order valence-corrected chi connectivity index (χ3v) is 3.95. The van der Waals surface area contributed by atoms with Crippen molar-refractivity contribution in [2.24, 2.45) is 0 Å². The maximum atomic E-state index is 11.6. The second kappa shape index (κ2) is 6.25. The van der Waals surface area contributed by atoms with Crippen molar-refractivity contribution < 1.29 is 9.53 Å². The molecule has 0 saturated heterocycles. The zero-order valence-electron chi connectivity index (χ0n) is 8.80. The average Bonchev–Trinajstić information content (AvgIpc) is 2.54. The minimum absolute atomic E-state index is 0.0338. The summed E-state index contributed by atoms with van der Waals surface area (Å²) in [5.41, 5.74) is 1.09. The van der Waals surface area contributed by atoms with Gasteiger partial charge in [0.15, 0.2) is 0 Å². The number of aryl methyl sites for hydroxylation is 1. The lowest BCUT2D eigenvalue weighted by Crippen LogP contribution is -2.26. The molecule has 15 heavy (non-hydrogen) atoms. The Morgan fingerprint density at radius 2 is 2.40 bits per heavy atom. The van der Waals surface area contributed by atoms with Gasteiger partial charge in [-0.3, -0.25) is 4.79 Å². The lowest BCUT2D eigenvalue weighted by molar-refractivity contribution is 0.0926. The number of hydrogen-bond acceptors (Lipinski definition) is 3. The minimum Gasteiger partial charge on any atom is -0.380 e. The Morgan fingerprint density at radius 3 is 2.93 bits per heavy atom. The minimum atomic E-state index is -0.0338. The molecule has 0 aromatic carbocycles. The van der Waals surface area contributed by atoms with Crippen LogP contribution in [0.3, 0.4) is 0 Å². The Bertz CT molecular complexity index is 319. The van der Waals surface area contributed by atoms with Crippen LogP contribution in [0, 0.1) is 6.92 Å². The highest BCUT2D eigenvalue weighted by Crippen LogP contribution is 2.26. The fraction of sp³-hybridized carbons (Fsp3) is 0.500. The van der Waals surface area contributed by atoms with Gasteiger partial charge < -0.3 is 10.1 Å². The third kappa shape index (κ3) is 3.93. The Hall–Kier alpha value is -0.390. The number of hydrogen-bond donors (Lipinski definition) is 1. The Morgan fingerprint density at radius 1 is 1.67 bits per heavy atom. The van der Waals surface area contributed by atoms with Crippen LogP contribution in [-0.4, -0.2) is 25.7 Å². The molecule has 0 unspecified atom stereocenters. The molecule has 84 valence electrons. The van der Waals surface area contributed by atoms with Crippen LogP contribution in [0.15, 0.2) is 9.85 Å². The fourth-order valence-corrected chi connectivity index (χ4v) is 2.49. The summed E-state index contributed by atoms with van der Waals surface area (Å²) in [6.07, 6.45) is 0. The molecule has 1 heterocycles. The monoisotopic (exact) mass is 291 g/mol. The van der Waals surface area contributed by atoms with E-state index in [0.717, 1.165) is 14.2 Å². The summed E-state index contributed by atoms with van der Waals surface area (Å²) in [6.45, 7) is 5.70. The first-order valence-electron chi connectivity index (χ1n) is 4.77. The van der Waals surface area contributed by atoms with Crippen molar-refractivity contribution in [1.29, 1.82) is 0 Å². The van der Waals surface area contributed by atoms with E-state index in [1.165, 1.54) is 11.3 Å². The van der Waals surface area contributed by atoms with E-state index < -0.39 is 0 Å². The van der Waals surface area contributed by atoms with Crippen molar-refractivity contribution in [3.05, 3.63) is 20.3 Å². The molecule has 1 rings (SSSR count). The highest BCUT2D eigenvalue weighted by atomic mass is 79.9. The summed E-state index contributed by atoms with van der Waals surface area (Å²) in [6, 6.07) is 1.88. The molecule has 1 amide bonds. The number of rotatable bonds is 5. The largest absolute Gasteiger partial charge is 0.380 e. The van der Waals surface area contributed by atoms with Crippen molar-refractivity contribution in [2.75, 3.05) is 19.8 Å². The van der Waals surface area contributed by atoms with Crippen molar-refractivity contribution in [1.82, 2.24) is 5.32 Å². The SMILES string of the molecule is CCOCCNC(=O)c1cc(C)c(Br)s1. The molecule has 0 bridgehead atoms. The van der Waals surface area contributed by atoms with E-state index in [1.54, 1.807) is 0 Å². The summed E-state index contributed by atoms with van der Waals surface area (Å²) in [4.78, 5) is 12.3. The van der Waals surface area contributed by atoms with Crippen LogP contribution in [0.5, 0.6) is 0 Å².